The average Bonchev–Trinajstić information content (AvgIpc) is 3.07. The molecule has 5 rings (SSSR count). The van der Waals surface area contributed by atoms with Crippen LogP contribution in [0, 0.1) is 0 Å². The van der Waals surface area contributed by atoms with Gasteiger partial charge in [-0.15, -0.1) is 0 Å². The van der Waals surface area contributed by atoms with Crippen LogP contribution in [0.5, 0.6) is 17.8 Å². The quantitative estimate of drug-likeness (QED) is 0.266. The van der Waals surface area contributed by atoms with E-state index in [0.29, 0.717) is 51.3 Å². The smallest absolute Gasteiger partial charge is 0.422 e. The van der Waals surface area contributed by atoms with Gasteiger partial charge in [0.05, 0.1) is 32.3 Å². The van der Waals surface area contributed by atoms with Crippen LogP contribution in [0.25, 0.3) is 0 Å². The summed E-state index contributed by atoms with van der Waals surface area (Å²) in [5, 5.41) is 0. The molecule has 0 N–H and O–H groups in total. The zero-order chi connectivity index (χ0) is 33.4. The van der Waals surface area contributed by atoms with Crippen molar-refractivity contribution in [2.24, 2.45) is 0 Å². The van der Waals surface area contributed by atoms with Crippen molar-refractivity contribution in [3.63, 3.8) is 0 Å². The van der Waals surface area contributed by atoms with Crippen molar-refractivity contribution in [1.29, 1.82) is 0 Å². The van der Waals surface area contributed by atoms with Gasteiger partial charge in [0.15, 0.2) is 6.61 Å². The van der Waals surface area contributed by atoms with Gasteiger partial charge in [0, 0.05) is 64.4 Å². The average molecular weight is 658 g/mol. The molecular weight excluding hydrogens is 615 g/mol. The molecule has 10 nitrogen and oxygen atoms in total. The Labute approximate surface area is 273 Å². The zero-order valence-corrected chi connectivity index (χ0v) is 27.0. The number of alkyl halides is 3. The first kappa shape index (κ1) is 34.4. The van der Waals surface area contributed by atoms with Gasteiger partial charge in [-0.2, -0.15) is 23.1 Å². The second kappa shape index (κ2) is 15.8. The number of hydrogen-bond donors (Lipinski definition) is 0. The molecule has 2 aliphatic heterocycles. The van der Waals surface area contributed by atoms with Crippen LogP contribution >= 0.6 is 0 Å². The summed E-state index contributed by atoms with van der Waals surface area (Å²) >= 11 is 0. The molecule has 0 radical (unpaired) electrons. The van der Waals surface area contributed by atoms with Gasteiger partial charge < -0.3 is 23.8 Å². The number of benzene rings is 2. The number of nitrogens with zero attached hydrogens (tertiary/aromatic N) is 5. The largest absolute Gasteiger partial charge is 0.481 e. The van der Waals surface area contributed by atoms with Crippen molar-refractivity contribution in [2.45, 2.75) is 44.1 Å². The third-order valence-electron chi connectivity index (χ3n) is 8.58. The SMILES string of the molecule is CCOc1nc(OC)c(CN2CC3CN(C(=O)CCOC)CCN3C(C(c3ccccc3)c3ccccc3)C2)c(OCC(F)(F)F)n1. The summed E-state index contributed by atoms with van der Waals surface area (Å²) in [6, 6.07) is 20.4. The number of carbonyl (C=O) groups is 1. The first-order valence-electron chi connectivity index (χ1n) is 15.8. The molecule has 0 spiro atoms. The molecule has 3 heterocycles. The molecule has 2 saturated heterocycles. The van der Waals surface area contributed by atoms with Crippen molar-refractivity contribution in [3.05, 3.63) is 77.4 Å². The first-order chi connectivity index (χ1) is 22.7. The summed E-state index contributed by atoms with van der Waals surface area (Å²) in [6.07, 6.45) is -4.27. The number of halogens is 3. The highest BCUT2D eigenvalue weighted by Gasteiger charge is 2.43. The van der Waals surface area contributed by atoms with Crippen LogP contribution in [0.1, 0.15) is 36.0 Å². The molecule has 2 fully saturated rings. The number of rotatable bonds is 13. The lowest BCUT2D eigenvalue weighted by molar-refractivity contribution is -0.154. The van der Waals surface area contributed by atoms with Crippen LogP contribution in [0.2, 0.25) is 0 Å². The molecule has 0 aliphatic carbocycles. The molecule has 0 bridgehead atoms. The number of hydrogen-bond acceptors (Lipinski definition) is 9. The van der Waals surface area contributed by atoms with E-state index in [4.69, 9.17) is 18.9 Å². The van der Waals surface area contributed by atoms with Gasteiger partial charge in [0.25, 0.3) is 0 Å². The van der Waals surface area contributed by atoms with E-state index in [1.165, 1.54) is 7.11 Å². The topological polar surface area (TPSA) is 89.5 Å². The van der Waals surface area contributed by atoms with E-state index in [-0.39, 0.29) is 54.8 Å². The number of aromatic nitrogens is 2. The highest BCUT2D eigenvalue weighted by Crippen LogP contribution is 2.38. The van der Waals surface area contributed by atoms with Gasteiger partial charge in [-0.05, 0) is 18.1 Å². The van der Waals surface area contributed by atoms with Crippen LogP contribution in [-0.4, -0.2) is 116 Å². The molecular formula is C34H42F3N5O5. The fourth-order valence-corrected chi connectivity index (χ4v) is 6.58. The molecule has 3 aromatic rings. The lowest BCUT2D eigenvalue weighted by Gasteiger charge is -2.53. The van der Waals surface area contributed by atoms with Crippen molar-refractivity contribution >= 4 is 5.91 Å². The Balaban J connectivity index is 1.53. The number of fused-ring (bicyclic) bond motifs is 1. The number of carbonyl (C=O) groups excluding carboxylic acids is 1. The van der Waals surface area contributed by atoms with Gasteiger partial charge in [-0.3, -0.25) is 14.6 Å². The van der Waals surface area contributed by atoms with Crippen LogP contribution in [0.4, 0.5) is 13.2 Å². The second-order valence-electron chi connectivity index (χ2n) is 11.7. The number of piperazine rings is 2. The van der Waals surface area contributed by atoms with Gasteiger partial charge in [0.2, 0.25) is 17.7 Å². The second-order valence-corrected chi connectivity index (χ2v) is 11.7. The molecule has 2 aromatic carbocycles. The zero-order valence-electron chi connectivity index (χ0n) is 27.0. The summed E-state index contributed by atoms with van der Waals surface area (Å²) in [5.74, 6) is -0.133. The number of methoxy groups -OCH3 is 2. The Hall–Kier alpha value is -3.94. The number of amides is 1. The van der Waals surface area contributed by atoms with Crippen molar-refractivity contribution in [1.82, 2.24) is 24.7 Å². The molecule has 2 aliphatic rings. The van der Waals surface area contributed by atoms with E-state index in [0.717, 1.165) is 11.1 Å². The standard InChI is InChI=1S/C34H42F3N5O5/c1-4-46-33-38-31(45-3)27(32(39-33)47-23-34(35,36)37)21-40-19-26-20-41(29(43)15-18-44-2)16-17-42(26)28(22-40)30(24-11-7-5-8-12-24)25-13-9-6-10-14-25/h5-14,26,28,30H,4,15-23H2,1-3H3. The van der Waals surface area contributed by atoms with E-state index in [2.05, 4.69) is 44.0 Å². The maximum Gasteiger partial charge on any atom is 0.422 e. The molecule has 47 heavy (non-hydrogen) atoms. The third-order valence-corrected chi connectivity index (χ3v) is 8.58. The van der Waals surface area contributed by atoms with Gasteiger partial charge in [-0.1, -0.05) is 60.7 Å². The van der Waals surface area contributed by atoms with Crippen molar-refractivity contribution < 1.29 is 36.9 Å². The Morgan fingerprint density at radius 1 is 0.915 bits per heavy atom. The van der Waals surface area contributed by atoms with Gasteiger partial charge >= 0.3 is 12.2 Å². The minimum Gasteiger partial charge on any atom is -0.481 e. The summed E-state index contributed by atoms with van der Waals surface area (Å²) < 4.78 is 61.3. The molecule has 2 unspecified atom stereocenters. The molecule has 254 valence electrons. The molecule has 1 amide bonds. The molecule has 1 aromatic heterocycles. The summed E-state index contributed by atoms with van der Waals surface area (Å²) in [5.41, 5.74) is 2.60. The Kier molecular flexibility index (Phi) is 11.5. The van der Waals surface area contributed by atoms with Gasteiger partial charge in [0.1, 0.15) is 0 Å². The van der Waals surface area contributed by atoms with Gasteiger partial charge in [-0.25, -0.2) is 0 Å². The summed E-state index contributed by atoms with van der Waals surface area (Å²) in [4.78, 5) is 28.2. The summed E-state index contributed by atoms with van der Waals surface area (Å²) in [6.45, 7) is 3.87. The minimum absolute atomic E-state index is 0.0159. The fourth-order valence-electron chi connectivity index (χ4n) is 6.58. The van der Waals surface area contributed by atoms with Crippen LogP contribution < -0.4 is 14.2 Å². The normalized spacial score (nSPS) is 19.0. The van der Waals surface area contributed by atoms with E-state index in [1.807, 2.05) is 41.3 Å². The predicted octanol–water partition coefficient (Wildman–Crippen LogP) is 4.39. The Morgan fingerprint density at radius 3 is 2.17 bits per heavy atom. The summed E-state index contributed by atoms with van der Waals surface area (Å²) in [7, 11) is 2.98. The molecule has 13 heteroatoms. The van der Waals surface area contributed by atoms with E-state index >= 15 is 0 Å². The predicted molar refractivity (Wildman–Crippen MR) is 169 cm³/mol. The molecule has 0 saturated carbocycles. The van der Waals surface area contributed by atoms with E-state index in [9.17, 15) is 18.0 Å². The first-order valence-corrected chi connectivity index (χ1v) is 15.8. The highest BCUT2D eigenvalue weighted by molar-refractivity contribution is 5.76. The highest BCUT2D eigenvalue weighted by atomic mass is 19.4. The number of ether oxygens (including phenoxy) is 4. The third kappa shape index (κ3) is 8.70. The Bertz CT molecular complexity index is 1410. The minimum atomic E-state index is -4.57. The van der Waals surface area contributed by atoms with Crippen molar-refractivity contribution in [2.75, 3.05) is 66.8 Å². The maximum atomic E-state index is 13.3. The maximum absolute atomic E-state index is 13.3. The lowest BCUT2D eigenvalue weighted by Crippen LogP contribution is -2.67. The van der Waals surface area contributed by atoms with Crippen molar-refractivity contribution in [3.8, 4) is 17.8 Å². The Morgan fingerprint density at radius 2 is 1.57 bits per heavy atom. The van der Waals surface area contributed by atoms with E-state index < -0.39 is 12.8 Å². The van der Waals surface area contributed by atoms with Crippen LogP contribution in [0.15, 0.2) is 60.7 Å². The monoisotopic (exact) mass is 657 g/mol. The fraction of sp³-hybridized carbons (Fsp3) is 0.500. The van der Waals surface area contributed by atoms with Crippen LogP contribution in [0.3, 0.4) is 0 Å². The lowest BCUT2D eigenvalue weighted by atomic mass is 9.81. The molecule has 2 atom stereocenters. The van der Waals surface area contributed by atoms with E-state index in [1.54, 1.807) is 14.0 Å². The van der Waals surface area contributed by atoms with Crippen LogP contribution in [-0.2, 0) is 16.1 Å².